The molecule has 7 nitrogen and oxygen atoms in total. The van der Waals surface area contributed by atoms with Crippen LogP contribution in [-0.2, 0) is 30.4 Å². The van der Waals surface area contributed by atoms with Gasteiger partial charge < -0.3 is 19.9 Å². The normalized spacial score (nSPS) is 17.9. The van der Waals surface area contributed by atoms with Gasteiger partial charge in [-0.15, -0.1) is 0 Å². The number of aryl methyl sites for hydroxylation is 2. The van der Waals surface area contributed by atoms with Gasteiger partial charge in [0.1, 0.15) is 17.1 Å². The van der Waals surface area contributed by atoms with E-state index < -0.39 is 17.8 Å². The van der Waals surface area contributed by atoms with Gasteiger partial charge in [0.2, 0.25) is 0 Å². The molecule has 0 amide bonds. The van der Waals surface area contributed by atoms with Crippen molar-refractivity contribution in [1.29, 1.82) is 0 Å². The first kappa shape index (κ1) is 29.2. The number of pyridine rings is 1. The molecule has 0 saturated carbocycles. The molecule has 4 heterocycles. The van der Waals surface area contributed by atoms with Crippen LogP contribution in [0.15, 0.2) is 54.7 Å². The molecule has 10 heteroatoms. The van der Waals surface area contributed by atoms with Crippen LogP contribution >= 0.6 is 0 Å². The number of ether oxygens (including phenoxy) is 1. The second-order valence-electron chi connectivity index (χ2n) is 11.5. The summed E-state index contributed by atoms with van der Waals surface area (Å²) in [5, 5.41) is 4.20. The predicted molar refractivity (Wildman–Crippen MR) is 161 cm³/mol. The second kappa shape index (κ2) is 12.0. The van der Waals surface area contributed by atoms with Crippen LogP contribution in [0.3, 0.4) is 0 Å². The molecule has 43 heavy (non-hydrogen) atoms. The van der Waals surface area contributed by atoms with E-state index in [1.54, 1.807) is 18.3 Å². The lowest BCUT2D eigenvalue weighted by Crippen LogP contribution is -2.45. The summed E-state index contributed by atoms with van der Waals surface area (Å²) in [6, 6.07) is 13.4. The minimum atomic E-state index is -4.49. The molecule has 2 aliphatic heterocycles. The van der Waals surface area contributed by atoms with Crippen LogP contribution < -0.4 is 10.1 Å². The minimum Gasteiger partial charge on any atom is -0.456 e. The van der Waals surface area contributed by atoms with E-state index in [0.29, 0.717) is 29.9 Å². The van der Waals surface area contributed by atoms with Gasteiger partial charge in [-0.1, -0.05) is 25.1 Å². The van der Waals surface area contributed by atoms with Crippen molar-refractivity contribution in [2.45, 2.75) is 51.9 Å². The molecule has 226 valence electrons. The third-order valence-electron chi connectivity index (χ3n) is 8.52. The zero-order chi connectivity index (χ0) is 30.1. The molecule has 1 atom stereocenters. The van der Waals surface area contributed by atoms with Gasteiger partial charge in [-0.3, -0.25) is 9.69 Å². The van der Waals surface area contributed by atoms with E-state index in [2.05, 4.69) is 32.0 Å². The largest absolute Gasteiger partial charge is 0.456 e. The number of hydrogen-bond acceptors (Lipinski definition) is 6. The Morgan fingerprint density at radius 2 is 1.84 bits per heavy atom. The van der Waals surface area contributed by atoms with Crippen molar-refractivity contribution in [2.75, 3.05) is 38.0 Å². The van der Waals surface area contributed by atoms with E-state index in [4.69, 9.17) is 4.74 Å². The second-order valence-corrected chi connectivity index (χ2v) is 11.5. The molecule has 2 N–H and O–H groups in total. The molecule has 1 unspecified atom stereocenters. The fourth-order valence-corrected chi connectivity index (χ4v) is 6.09. The van der Waals surface area contributed by atoms with Crippen molar-refractivity contribution in [2.24, 2.45) is 0 Å². The number of H-pyrrole nitrogens is 1. The first-order valence-electron chi connectivity index (χ1n) is 14.8. The van der Waals surface area contributed by atoms with Crippen molar-refractivity contribution in [1.82, 2.24) is 19.8 Å². The van der Waals surface area contributed by atoms with Crippen molar-refractivity contribution >= 4 is 22.5 Å². The summed E-state index contributed by atoms with van der Waals surface area (Å²) in [5.74, 6) is 1.16. The minimum absolute atomic E-state index is 0.0659. The van der Waals surface area contributed by atoms with Gasteiger partial charge in [-0.2, -0.15) is 13.2 Å². The van der Waals surface area contributed by atoms with Crippen molar-refractivity contribution in [3.05, 3.63) is 82.7 Å². The lowest BCUT2D eigenvalue weighted by molar-refractivity contribution is -0.138. The molecule has 0 radical (unpaired) electrons. The summed E-state index contributed by atoms with van der Waals surface area (Å²) < 4.78 is 48.5. The number of carbonyl (C=O) groups is 1. The summed E-state index contributed by atoms with van der Waals surface area (Å²) in [6.07, 6.45) is -1.61. The highest BCUT2D eigenvalue weighted by atomic mass is 19.4. The van der Waals surface area contributed by atoms with Crippen LogP contribution in [0.4, 0.5) is 18.9 Å². The summed E-state index contributed by atoms with van der Waals surface area (Å²) in [6.45, 7) is 8.45. The quantitative estimate of drug-likeness (QED) is 0.249. The zero-order valence-electron chi connectivity index (χ0n) is 24.4. The lowest BCUT2D eigenvalue weighted by Gasteiger charge is -2.34. The lowest BCUT2D eigenvalue weighted by atomic mass is 9.92. The van der Waals surface area contributed by atoms with E-state index in [9.17, 15) is 18.0 Å². The molecule has 2 aromatic carbocycles. The van der Waals surface area contributed by atoms with E-state index >= 15 is 0 Å². The number of Topliss-reactive ketones (excluding diaryl/α,β-unsaturated/α-hetero) is 1. The summed E-state index contributed by atoms with van der Waals surface area (Å²) in [7, 11) is 0. The molecule has 2 aliphatic rings. The van der Waals surface area contributed by atoms with Crippen LogP contribution in [0.1, 0.15) is 41.3 Å². The maximum atomic E-state index is 14.1. The molecular formula is C33H36F3N5O2. The van der Waals surface area contributed by atoms with Crippen LogP contribution in [0.25, 0.3) is 11.0 Å². The number of alkyl halides is 3. The summed E-state index contributed by atoms with van der Waals surface area (Å²) in [4.78, 5) is 25.2. The first-order valence-corrected chi connectivity index (χ1v) is 14.8. The Balaban J connectivity index is 1.14. The standard InChI is InChI=1S/C33H36F3N5O2/c1-3-40-12-14-41(15-13-40)20-24-5-4-22(17-27(24)33(34,35)36)18-30(42)28-9-7-23-6-8-25(19-29(23)39-28)43-31-10-11-37-32-26(31)16-21(2)38-32/h4-6,8,10-11,16-17,19,28,39H,3,7,9,12-15,18,20H2,1-2H3,(H,37,38). The van der Waals surface area contributed by atoms with Crippen molar-refractivity contribution in [3.63, 3.8) is 0 Å². The van der Waals surface area contributed by atoms with Gasteiger partial charge in [0.05, 0.1) is 17.0 Å². The van der Waals surface area contributed by atoms with Crippen LogP contribution in [0.5, 0.6) is 11.5 Å². The van der Waals surface area contributed by atoms with Gasteiger partial charge in [0.25, 0.3) is 0 Å². The summed E-state index contributed by atoms with van der Waals surface area (Å²) >= 11 is 0. The highest BCUT2D eigenvalue weighted by Crippen LogP contribution is 2.36. The van der Waals surface area contributed by atoms with Crippen molar-refractivity contribution in [3.8, 4) is 11.5 Å². The van der Waals surface area contributed by atoms with Gasteiger partial charge in [0.15, 0.2) is 5.78 Å². The maximum Gasteiger partial charge on any atom is 0.416 e. The number of nitrogens with one attached hydrogen (secondary N) is 2. The van der Waals surface area contributed by atoms with Gasteiger partial charge >= 0.3 is 6.18 Å². The topological polar surface area (TPSA) is 73.5 Å². The highest BCUT2D eigenvalue weighted by Gasteiger charge is 2.34. The summed E-state index contributed by atoms with van der Waals surface area (Å²) in [5.41, 5.74) is 3.58. The van der Waals surface area contributed by atoms with E-state index in [-0.39, 0.29) is 24.3 Å². The molecule has 6 rings (SSSR count). The number of benzene rings is 2. The van der Waals surface area contributed by atoms with Crippen LogP contribution in [0, 0.1) is 6.92 Å². The van der Waals surface area contributed by atoms with Crippen LogP contribution in [-0.4, -0.2) is 64.3 Å². The van der Waals surface area contributed by atoms with Gasteiger partial charge in [-0.05, 0) is 67.3 Å². The average molecular weight is 592 g/mol. The number of nitrogens with zero attached hydrogens (tertiary/aromatic N) is 3. The molecule has 2 aromatic heterocycles. The zero-order valence-corrected chi connectivity index (χ0v) is 24.4. The molecule has 0 aliphatic carbocycles. The Labute approximate surface area is 249 Å². The number of ketones is 1. The Hall–Kier alpha value is -3.89. The Bertz CT molecular complexity index is 1620. The van der Waals surface area contributed by atoms with Gasteiger partial charge in [-0.25, -0.2) is 4.98 Å². The predicted octanol–water partition coefficient (Wildman–Crippen LogP) is 6.36. The molecule has 0 bridgehead atoms. The fraction of sp³-hybridized carbons (Fsp3) is 0.394. The van der Waals surface area contributed by atoms with E-state index in [0.717, 1.165) is 66.8 Å². The Morgan fingerprint density at radius 1 is 1.05 bits per heavy atom. The number of likely N-dealkylation sites (N-methyl/N-ethyl adjacent to an activating group) is 1. The van der Waals surface area contributed by atoms with E-state index in [1.165, 1.54) is 0 Å². The molecule has 1 saturated heterocycles. The number of hydrogen-bond donors (Lipinski definition) is 2. The average Bonchev–Trinajstić information content (AvgIpc) is 3.38. The third kappa shape index (κ3) is 6.55. The maximum absolute atomic E-state index is 14.1. The number of halogens is 3. The first-order chi connectivity index (χ1) is 20.7. The smallest absolute Gasteiger partial charge is 0.416 e. The number of rotatable bonds is 8. The number of piperazine rings is 1. The number of aromatic nitrogens is 2. The molecule has 1 fully saturated rings. The number of aromatic amines is 1. The Morgan fingerprint density at radius 3 is 2.60 bits per heavy atom. The monoisotopic (exact) mass is 591 g/mol. The third-order valence-corrected chi connectivity index (χ3v) is 8.52. The molecule has 4 aromatic rings. The van der Waals surface area contributed by atoms with Crippen LogP contribution in [0.2, 0.25) is 0 Å². The SMILES string of the molecule is CCN1CCN(Cc2ccc(CC(=O)C3CCc4ccc(Oc5ccnc6[nH]c(C)cc56)cc4N3)cc2C(F)(F)F)CC1. The highest BCUT2D eigenvalue weighted by molar-refractivity contribution is 5.89. The Kier molecular flexibility index (Phi) is 8.15. The molecular weight excluding hydrogens is 555 g/mol. The van der Waals surface area contributed by atoms with Crippen molar-refractivity contribution < 1.29 is 22.7 Å². The molecule has 0 spiro atoms. The van der Waals surface area contributed by atoms with Gasteiger partial charge in [0, 0.05) is 62.8 Å². The number of fused-ring (bicyclic) bond motifs is 2. The fourth-order valence-electron chi connectivity index (χ4n) is 6.09. The number of carbonyl (C=O) groups excluding carboxylic acids is 1. The number of anilines is 1. The van der Waals surface area contributed by atoms with E-state index in [1.807, 2.05) is 37.3 Å².